The molecule has 0 unspecified atom stereocenters. The summed E-state index contributed by atoms with van der Waals surface area (Å²) in [5.41, 5.74) is 0. The molecular formula is C4H10O5. The minimum Gasteiger partial charge on any atom is -0.441 e. The molecule has 5 heteroatoms. The van der Waals surface area contributed by atoms with Crippen molar-refractivity contribution in [3.63, 3.8) is 0 Å². The van der Waals surface area contributed by atoms with E-state index < -0.39 is 6.79 Å². The zero-order valence-electron chi connectivity index (χ0n) is 5.11. The molecule has 0 spiro atoms. The molecule has 5 nitrogen and oxygen atoms in total. The minimum absolute atomic E-state index is 0.181. The summed E-state index contributed by atoms with van der Waals surface area (Å²) in [5.74, 6) is 0. The van der Waals surface area contributed by atoms with E-state index in [9.17, 15) is 0 Å². The maximum atomic E-state index is 9.02. The Morgan fingerprint density at radius 3 is 1.89 bits per heavy atom. The number of rotatable bonds is 3. The average molecular weight is 138 g/mol. The van der Waals surface area contributed by atoms with E-state index in [2.05, 4.69) is 9.47 Å². The largest absolute Gasteiger partial charge is 0.441 e. The van der Waals surface area contributed by atoms with Gasteiger partial charge in [0.25, 0.3) is 6.47 Å². The molecule has 0 amide bonds. The average Bonchev–Trinajstić information content (AvgIpc) is 1.91. The summed E-state index contributed by atoms with van der Waals surface area (Å²) >= 11 is 0. The van der Waals surface area contributed by atoms with Gasteiger partial charge in [-0.2, -0.15) is 0 Å². The number of ether oxygens (including phenoxy) is 2. The molecule has 0 atom stereocenters. The van der Waals surface area contributed by atoms with E-state index in [0.717, 1.165) is 0 Å². The molecule has 0 heterocycles. The second-order valence-electron chi connectivity index (χ2n) is 0.810. The molecule has 9 heavy (non-hydrogen) atoms. The Hall–Kier alpha value is -0.650. The number of hydrogen-bond acceptors (Lipinski definition) is 5. The second kappa shape index (κ2) is 15.7. The first kappa shape index (κ1) is 11.2. The predicted octanol–water partition coefficient (Wildman–Crippen LogP) is -1.31. The first-order chi connectivity index (χ1) is 4.33. The van der Waals surface area contributed by atoms with Gasteiger partial charge in [-0.3, -0.25) is 4.79 Å². The maximum Gasteiger partial charge on any atom is 0.295 e. The van der Waals surface area contributed by atoms with Crippen molar-refractivity contribution in [1.29, 1.82) is 0 Å². The molecule has 0 saturated heterocycles. The Morgan fingerprint density at radius 1 is 1.44 bits per heavy atom. The van der Waals surface area contributed by atoms with Crippen LogP contribution in [0.1, 0.15) is 0 Å². The van der Waals surface area contributed by atoms with E-state index in [-0.39, 0.29) is 13.3 Å². The number of carbonyl (C=O) groups is 1. The highest BCUT2D eigenvalue weighted by atomic mass is 16.6. The summed E-state index contributed by atoms with van der Waals surface area (Å²) < 4.78 is 7.81. The molecule has 0 bridgehead atoms. The Balaban J connectivity index is 0. The van der Waals surface area contributed by atoms with Crippen LogP contribution in [0.2, 0.25) is 0 Å². The van der Waals surface area contributed by atoms with E-state index >= 15 is 0 Å². The highest BCUT2D eigenvalue weighted by Gasteiger charge is 1.61. The first-order valence-corrected chi connectivity index (χ1v) is 2.09. The van der Waals surface area contributed by atoms with Gasteiger partial charge in [0.1, 0.15) is 6.79 Å². The van der Waals surface area contributed by atoms with Crippen molar-refractivity contribution in [2.45, 2.75) is 0 Å². The molecule has 0 radical (unpaired) electrons. The lowest BCUT2D eigenvalue weighted by Gasteiger charge is -1.79. The first-order valence-electron chi connectivity index (χ1n) is 2.09. The van der Waals surface area contributed by atoms with Gasteiger partial charge >= 0.3 is 0 Å². The quantitative estimate of drug-likeness (QED) is 0.374. The standard InChI is InChI=1S/C2H4O3.C2H6O2/c3-1-5-2-4;1-4-2-3/h1,4H,2H2;3H,2H2,1H3. The van der Waals surface area contributed by atoms with Crippen LogP contribution in [-0.2, 0) is 14.3 Å². The molecule has 0 aliphatic rings. The van der Waals surface area contributed by atoms with Crippen molar-refractivity contribution in [2.75, 3.05) is 20.7 Å². The highest BCUT2D eigenvalue weighted by molar-refractivity contribution is 5.36. The Kier molecular flexibility index (Phi) is 19.5. The third kappa shape index (κ3) is 38.1. The summed E-state index contributed by atoms with van der Waals surface area (Å²) in [6.07, 6.45) is 0. The van der Waals surface area contributed by atoms with Gasteiger partial charge in [0.2, 0.25) is 0 Å². The number of aliphatic hydroxyl groups excluding tert-OH is 2. The number of methoxy groups -OCH3 is 1. The zero-order chi connectivity index (χ0) is 7.54. The number of aliphatic hydroxyl groups is 2. The predicted molar refractivity (Wildman–Crippen MR) is 28.3 cm³/mol. The summed E-state index contributed by atoms with van der Waals surface area (Å²) in [5, 5.41) is 15.3. The summed E-state index contributed by atoms with van der Waals surface area (Å²) in [7, 11) is 1.43. The lowest BCUT2D eigenvalue weighted by Crippen LogP contribution is -1.85. The van der Waals surface area contributed by atoms with E-state index in [1.165, 1.54) is 7.11 Å². The van der Waals surface area contributed by atoms with Crippen LogP contribution in [0.15, 0.2) is 0 Å². The Morgan fingerprint density at radius 2 is 1.89 bits per heavy atom. The molecule has 0 aliphatic carbocycles. The van der Waals surface area contributed by atoms with Gasteiger partial charge in [0.05, 0.1) is 0 Å². The van der Waals surface area contributed by atoms with Crippen LogP contribution in [0.5, 0.6) is 0 Å². The van der Waals surface area contributed by atoms with Crippen LogP contribution in [0.25, 0.3) is 0 Å². The van der Waals surface area contributed by atoms with Crippen LogP contribution in [0, 0.1) is 0 Å². The van der Waals surface area contributed by atoms with Gasteiger partial charge in [-0.05, 0) is 0 Å². The van der Waals surface area contributed by atoms with Crippen LogP contribution < -0.4 is 0 Å². The molecule has 56 valence electrons. The van der Waals surface area contributed by atoms with Gasteiger partial charge in [-0.1, -0.05) is 0 Å². The van der Waals surface area contributed by atoms with Crippen molar-refractivity contribution in [2.24, 2.45) is 0 Å². The molecule has 0 aromatic rings. The van der Waals surface area contributed by atoms with Crippen LogP contribution >= 0.6 is 0 Å². The molecule has 0 rings (SSSR count). The van der Waals surface area contributed by atoms with Crippen molar-refractivity contribution >= 4 is 6.47 Å². The molecule has 2 N–H and O–H groups in total. The topological polar surface area (TPSA) is 76.0 Å². The van der Waals surface area contributed by atoms with Crippen molar-refractivity contribution < 1.29 is 24.5 Å². The van der Waals surface area contributed by atoms with Crippen molar-refractivity contribution in [3.05, 3.63) is 0 Å². The van der Waals surface area contributed by atoms with Gasteiger partial charge in [-0.25, -0.2) is 0 Å². The summed E-state index contributed by atoms with van der Waals surface area (Å²) in [6.45, 7) is -0.524. The number of carbonyl (C=O) groups excluding carboxylic acids is 1. The lowest BCUT2D eigenvalue weighted by molar-refractivity contribution is -0.136. The molecule has 0 saturated carbocycles. The summed E-state index contributed by atoms with van der Waals surface area (Å²) in [4.78, 5) is 9.02. The van der Waals surface area contributed by atoms with E-state index in [1.54, 1.807) is 0 Å². The van der Waals surface area contributed by atoms with E-state index in [0.29, 0.717) is 0 Å². The van der Waals surface area contributed by atoms with Crippen LogP contribution in [-0.4, -0.2) is 37.4 Å². The highest BCUT2D eigenvalue weighted by Crippen LogP contribution is 1.50. The Labute approximate surface area is 52.8 Å². The fourth-order valence-corrected chi connectivity index (χ4v) is 0.0304. The fraction of sp³-hybridized carbons (Fsp3) is 0.750. The van der Waals surface area contributed by atoms with Crippen molar-refractivity contribution in [3.8, 4) is 0 Å². The van der Waals surface area contributed by atoms with Gasteiger partial charge < -0.3 is 19.7 Å². The molecular weight excluding hydrogens is 128 g/mol. The zero-order valence-corrected chi connectivity index (χ0v) is 5.11. The third-order valence-electron chi connectivity index (χ3n) is 0.272. The fourth-order valence-electron chi connectivity index (χ4n) is 0.0304. The number of hydrogen-bond donors (Lipinski definition) is 2. The molecule has 0 aromatic carbocycles. The Bertz CT molecular complexity index is 44.2. The van der Waals surface area contributed by atoms with Crippen LogP contribution in [0.3, 0.4) is 0 Å². The van der Waals surface area contributed by atoms with Gasteiger partial charge in [-0.15, -0.1) is 0 Å². The molecule has 0 aliphatic heterocycles. The second-order valence-corrected chi connectivity index (χ2v) is 0.810. The van der Waals surface area contributed by atoms with Crippen LogP contribution in [0.4, 0.5) is 0 Å². The minimum atomic E-state index is -0.524. The molecule has 0 fully saturated rings. The monoisotopic (exact) mass is 138 g/mol. The van der Waals surface area contributed by atoms with Gasteiger partial charge in [0.15, 0.2) is 6.79 Å². The van der Waals surface area contributed by atoms with Gasteiger partial charge in [0, 0.05) is 7.11 Å². The third-order valence-corrected chi connectivity index (χ3v) is 0.272. The lowest BCUT2D eigenvalue weighted by atomic mass is 11.4. The molecule has 0 aromatic heterocycles. The van der Waals surface area contributed by atoms with Crippen molar-refractivity contribution in [1.82, 2.24) is 0 Å². The van der Waals surface area contributed by atoms with E-state index in [4.69, 9.17) is 15.0 Å². The summed E-state index contributed by atoms with van der Waals surface area (Å²) in [6, 6.07) is 0. The SMILES string of the molecule is COCO.O=COCO. The maximum absolute atomic E-state index is 9.02. The van der Waals surface area contributed by atoms with E-state index in [1.807, 2.05) is 0 Å². The normalized spacial score (nSPS) is 7.00. The smallest absolute Gasteiger partial charge is 0.295 e.